The van der Waals surface area contributed by atoms with E-state index in [9.17, 15) is 20.0 Å². The average Bonchev–Trinajstić information content (AvgIpc) is 3.21. The Morgan fingerprint density at radius 3 is 2.71 bits per heavy atom. The number of nitrogens with one attached hydrogen (secondary N) is 1. The summed E-state index contributed by atoms with van der Waals surface area (Å²) in [4.78, 5) is 21.4. The second kappa shape index (κ2) is 6.19. The number of hydrogen-bond acceptors (Lipinski definition) is 5. The van der Waals surface area contributed by atoms with E-state index in [-0.39, 0.29) is 18.2 Å². The highest BCUT2D eigenvalue weighted by molar-refractivity contribution is 5.67. The van der Waals surface area contributed by atoms with Crippen molar-refractivity contribution in [1.82, 2.24) is 5.32 Å². The third kappa shape index (κ3) is 3.99. The van der Waals surface area contributed by atoms with Gasteiger partial charge in [-0.1, -0.05) is 12.1 Å². The van der Waals surface area contributed by atoms with Crippen LogP contribution in [0.25, 0.3) is 0 Å². The maximum absolute atomic E-state index is 10.9. The first kappa shape index (κ1) is 15.4. The molecule has 1 fully saturated rings. The number of aliphatic hydroxyl groups excluding tert-OH is 1. The first-order valence-electron chi connectivity index (χ1n) is 6.79. The van der Waals surface area contributed by atoms with E-state index >= 15 is 0 Å². The summed E-state index contributed by atoms with van der Waals surface area (Å²) in [6.45, 7) is 1.62. The molecule has 0 bridgehead atoms. The summed E-state index contributed by atoms with van der Waals surface area (Å²) >= 11 is 0. The van der Waals surface area contributed by atoms with E-state index in [1.165, 1.54) is 6.07 Å². The van der Waals surface area contributed by atoms with Gasteiger partial charge in [0.05, 0.1) is 17.4 Å². The van der Waals surface area contributed by atoms with Crippen molar-refractivity contribution in [3.63, 3.8) is 0 Å². The van der Waals surface area contributed by atoms with Crippen molar-refractivity contribution in [2.75, 3.05) is 0 Å². The minimum absolute atomic E-state index is 0.0768. The average molecular weight is 294 g/mol. The molecule has 21 heavy (non-hydrogen) atoms. The molecular weight excluding hydrogens is 276 g/mol. The number of benzene rings is 1. The Hall–Kier alpha value is -1.99. The molecule has 0 radical (unpaired) electrons. The lowest BCUT2D eigenvalue weighted by atomic mass is 9.97. The van der Waals surface area contributed by atoms with E-state index in [4.69, 9.17) is 5.11 Å². The zero-order valence-electron chi connectivity index (χ0n) is 11.7. The fourth-order valence-corrected chi connectivity index (χ4v) is 2.24. The molecule has 7 nitrogen and oxygen atoms in total. The number of nitrogens with zero attached hydrogens (tertiary/aromatic N) is 1. The fraction of sp³-hybridized carbons (Fsp3) is 0.500. The van der Waals surface area contributed by atoms with Crippen LogP contribution >= 0.6 is 0 Å². The lowest BCUT2D eigenvalue weighted by molar-refractivity contribution is -0.385. The van der Waals surface area contributed by atoms with Crippen molar-refractivity contribution in [3.8, 4) is 0 Å². The Labute approximate surface area is 121 Å². The van der Waals surface area contributed by atoms with Crippen LogP contribution < -0.4 is 5.32 Å². The second-order valence-electron chi connectivity index (χ2n) is 5.39. The van der Waals surface area contributed by atoms with Gasteiger partial charge in [-0.25, -0.2) is 0 Å². The predicted molar refractivity (Wildman–Crippen MR) is 75.0 cm³/mol. The van der Waals surface area contributed by atoms with Crippen LogP contribution in [0.1, 0.15) is 36.5 Å². The number of carboxylic acid groups (broad SMARTS) is 1. The first-order chi connectivity index (χ1) is 9.88. The van der Waals surface area contributed by atoms with E-state index in [1.807, 2.05) is 0 Å². The molecule has 3 N–H and O–H groups in total. The van der Waals surface area contributed by atoms with Gasteiger partial charge in [-0.2, -0.15) is 0 Å². The van der Waals surface area contributed by atoms with Crippen LogP contribution in [0.15, 0.2) is 18.2 Å². The number of carbonyl (C=O) groups is 1. The van der Waals surface area contributed by atoms with Gasteiger partial charge in [-0.05, 0) is 25.3 Å². The molecule has 7 heteroatoms. The first-order valence-corrected chi connectivity index (χ1v) is 6.79. The Morgan fingerprint density at radius 2 is 2.19 bits per heavy atom. The Bertz CT molecular complexity index is 556. The van der Waals surface area contributed by atoms with Crippen LogP contribution in [0, 0.1) is 17.0 Å². The summed E-state index contributed by atoms with van der Waals surface area (Å²) in [7, 11) is 0. The highest BCUT2D eigenvalue weighted by Crippen LogP contribution is 2.28. The van der Waals surface area contributed by atoms with Crippen molar-refractivity contribution in [3.05, 3.63) is 39.4 Å². The van der Waals surface area contributed by atoms with Gasteiger partial charge in [-0.15, -0.1) is 0 Å². The number of aliphatic hydroxyl groups is 1. The third-order valence-corrected chi connectivity index (χ3v) is 3.57. The van der Waals surface area contributed by atoms with E-state index < -0.39 is 23.0 Å². The quantitative estimate of drug-likeness (QED) is 0.519. The van der Waals surface area contributed by atoms with Crippen LogP contribution in [0.5, 0.6) is 0 Å². The maximum Gasteiger partial charge on any atom is 0.305 e. The largest absolute Gasteiger partial charge is 0.481 e. The van der Waals surface area contributed by atoms with Gasteiger partial charge in [0.1, 0.15) is 0 Å². The van der Waals surface area contributed by atoms with Gasteiger partial charge in [0.15, 0.2) is 0 Å². The van der Waals surface area contributed by atoms with E-state index in [0.717, 1.165) is 12.8 Å². The van der Waals surface area contributed by atoms with Crippen molar-refractivity contribution >= 4 is 11.7 Å². The van der Waals surface area contributed by atoms with E-state index in [2.05, 4.69) is 5.32 Å². The number of carboxylic acids is 1. The smallest absolute Gasteiger partial charge is 0.305 e. The van der Waals surface area contributed by atoms with Crippen LogP contribution in [0.3, 0.4) is 0 Å². The van der Waals surface area contributed by atoms with Gasteiger partial charge in [0, 0.05) is 23.7 Å². The molecule has 1 saturated carbocycles. The number of aliphatic carboxylic acids is 1. The number of nitro groups is 1. The topological polar surface area (TPSA) is 113 Å². The number of hydrogen-bond donors (Lipinski definition) is 3. The molecule has 0 heterocycles. The van der Waals surface area contributed by atoms with Gasteiger partial charge in [-0.3, -0.25) is 14.9 Å². The summed E-state index contributed by atoms with van der Waals surface area (Å²) in [6.07, 6.45) is 0.577. The second-order valence-corrected chi connectivity index (χ2v) is 5.39. The fourth-order valence-electron chi connectivity index (χ4n) is 2.24. The molecule has 2 atom stereocenters. The third-order valence-electron chi connectivity index (χ3n) is 3.57. The lowest BCUT2D eigenvalue weighted by Crippen LogP contribution is -2.38. The zero-order chi connectivity index (χ0) is 15.6. The summed E-state index contributed by atoms with van der Waals surface area (Å²) in [5.41, 5.74) is 0.777. The Balaban J connectivity index is 2.22. The monoisotopic (exact) mass is 294 g/mol. The van der Waals surface area contributed by atoms with Crippen molar-refractivity contribution in [2.24, 2.45) is 0 Å². The van der Waals surface area contributed by atoms with E-state index in [1.54, 1.807) is 19.1 Å². The molecule has 0 amide bonds. The van der Waals surface area contributed by atoms with Crippen LogP contribution in [0.2, 0.25) is 0 Å². The highest BCUT2D eigenvalue weighted by Gasteiger charge is 2.31. The molecule has 1 aromatic carbocycles. The predicted octanol–water partition coefficient (Wildman–Crippen LogP) is 1.53. The summed E-state index contributed by atoms with van der Waals surface area (Å²) in [6, 6.07) is 4.03. The molecule has 1 aliphatic rings. The van der Waals surface area contributed by atoms with Crippen molar-refractivity contribution in [2.45, 2.75) is 44.4 Å². The molecule has 1 aliphatic carbocycles. The molecule has 1 aromatic rings. The Kier molecular flexibility index (Phi) is 4.54. The maximum atomic E-state index is 10.9. The summed E-state index contributed by atoms with van der Waals surface area (Å²) in [5.74, 6) is -1.02. The lowest BCUT2D eigenvalue weighted by Gasteiger charge is -2.23. The standard InChI is InChI=1S/C14H18N2O5/c1-8-2-3-9(6-12(8)16(20)21)14(19)11(7-13(17)18)15-10-4-5-10/h2-3,6,10-11,14-15,19H,4-5,7H2,1H3,(H,17,18). The van der Waals surface area contributed by atoms with Gasteiger partial charge < -0.3 is 15.5 Å². The SMILES string of the molecule is Cc1ccc(C(O)C(CC(=O)O)NC2CC2)cc1[N+](=O)[O-]. The minimum Gasteiger partial charge on any atom is -0.481 e. The molecule has 0 spiro atoms. The van der Waals surface area contributed by atoms with Crippen LogP contribution in [0.4, 0.5) is 5.69 Å². The molecular formula is C14H18N2O5. The van der Waals surface area contributed by atoms with Gasteiger partial charge in [0.2, 0.25) is 0 Å². The molecule has 0 aliphatic heterocycles. The summed E-state index contributed by atoms with van der Waals surface area (Å²) < 4.78 is 0. The highest BCUT2D eigenvalue weighted by atomic mass is 16.6. The molecule has 114 valence electrons. The summed E-state index contributed by atoms with van der Waals surface area (Å²) in [5, 5.41) is 33.3. The zero-order valence-corrected chi connectivity index (χ0v) is 11.7. The van der Waals surface area contributed by atoms with Crippen LogP contribution in [-0.4, -0.2) is 33.2 Å². The minimum atomic E-state index is -1.10. The number of nitro benzene ring substituents is 1. The van der Waals surface area contributed by atoms with Crippen LogP contribution in [-0.2, 0) is 4.79 Å². The molecule has 2 unspecified atom stereocenters. The van der Waals surface area contributed by atoms with Crippen molar-refractivity contribution < 1.29 is 19.9 Å². The number of rotatable bonds is 7. The Morgan fingerprint density at radius 1 is 1.52 bits per heavy atom. The van der Waals surface area contributed by atoms with Gasteiger partial charge in [0.25, 0.3) is 5.69 Å². The normalized spacial score (nSPS) is 17.2. The number of aryl methyl sites for hydroxylation is 1. The van der Waals surface area contributed by atoms with Gasteiger partial charge >= 0.3 is 5.97 Å². The molecule has 0 aromatic heterocycles. The van der Waals surface area contributed by atoms with E-state index in [0.29, 0.717) is 11.1 Å². The van der Waals surface area contributed by atoms with Crippen molar-refractivity contribution in [1.29, 1.82) is 0 Å². The molecule has 0 saturated heterocycles. The molecule has 2 rings (SSSR count).